The molecule has 3 unspecified atom stereocenters. The Labute approximate surface area is 129 Å². The number of rotatable bonds is 2. The molecule has 1 aliphatic carbocycles. The normalized spacial score (nSPS) is 26.0. The summed E-state index contributed by atoms with van der Waals surface area (Å²) in [6, 6.07) is 5.78. The van der Waals surface area contributed by atoms with E-state index in [4.69, 9.17) is 17.3 Å². The number of benzene rings is 1. The molecule has 3 rings (SSSR count). The number of hydrogen-bond acceptors (Lipinski definition) is 4. The van der Waals surface area contributed by atoms with Crippen LogP contribution in [0.4, 0.5) is 5.69 Å². The van der Waals surface area contributed by atoms with Crippen molar-refractivity contribution in [1.82, 2.24) is 20.2 Å². The van der Waals surface area contributed by atoms with Crippen LogP contribution in [0.1, 0.15) is 39.2 Å². The molecule has 112 valence electrons. The van der Waals surface area contributed by atoms with Crippen LogP contribution in [0.3, 0.4) is 0 Å². The summed E-state index contributed by atoms with van der Waals surface area (Å²) in [5.41, 5.74) is 7.42. The Kier molecular flexibility index (Phi) is 3.85. The van der Waals surface area contributed by atoms with Gasteiger partial charge in [-0.15, -0.1) is 5.10 Å². The summed E-state index contributed by atoms with van der Waals surface area (Å²) in [7, 11) is 0. The van der Waals surface area contributed by atoms with Gasteiger partial charge in [-0.05, 0) is 40.8 Å². The first-order chi connectivity index (χ1) is 10.1. The zero-order valence-electron chi connectivity index (χ0n) is 12.3. The van der Waals surface area contributed by atoms with Gasteiger partial charge in [0.25, 0.3) is 0 Å². The van der Waals surface area contributed by atoms with Crippen molar-refractivity contribution in [2.45, 2.75) is 39.2 Å². The quantitative estimate of drug-likeness (QED) is 0.861. The molecule has 2 N–H and O–H groups in total. The molecule has 0 aliphatic heterocycles. The van der Waals surface area contributed by atoms with Gasteiger partial charge in [0.15, 0.2) is 5.82 Å². The van der Waals surface area contributed by atoms with E-state index in [1.807, 2.05) is 22.9 Å². The molecular formula is C15H20ClN5. The highest BCUT2D eigenvalue weighted by Gasteiger charge is 2.31. The van der Waals surface area contributed by atoms with Gasteiger partial charge < -0.3 is 5.73 Å². The van der Waals surface area contributed by atoms with Crippen LogP contribution in [0.25, 0.3) is 11.4 Å². The van der Waals surface area contributed by atoms with Crippen molar-refractivity contribution >= 4 is 17.3 Å². The molecule has 6 heteroatoms. The van der Waals surface area contributed by atoms with Gasteiger partial charge in [0.2, 0.25) is 0 Å². The lowest BCUT2D eigenvalue weighted by atomic mass is 9.78. The largest absolute Gasteiger partial charge is 0.398 e. The monoisotopic (exact) mass is 305 g/mol. The third kappa shape index (κ3) is 2.50. The minimum absolute atomic E-state index is 0.300. The molecule has 0 saturated heterocycles. The molecule has 1 aromatic carbocycles. The van der Waals surface area contributed by atoms with Crippen LogP contribution >= 0.6 is 11.6 Å². The number of nitrogens with zero attached hydrogens (tertiary/aromatic N) is 4. The maximum Gasteiger partial charge on any atom is 0.185 e. The predicted molar refractivity (Wildman–Crippen MR) is 83.9 cm³/mol. The Bertz CT molecular complexity index is 618. The van der Waals surface area contributed by atoms with E-state index < -0.39 is 0 Å². The van der Waals surface area contributed by atoms with Crippen LogP contribution in [0.5, 0.6) is 0 Å². The highest BCUT2D eigenvalue weighted by Crippen LogP contribution is 2.40. The number of aromatic nitrogens is 4. The van der Waals surface area contributed by atoms with Crippen LogP contribution < -0.4 is 5.73 Å². The Balaban J connectivity index is 2.05. The minimum atomic E-state index is 0.300. The van der Waals surface area contributed by atoms with Crippen molar-refractivity contribution in [3.8, 4) is 11.4 Å². The Morgan fingerprint density at radius 2 is 2.10 bits per heavy atom. The predicted octanol–water partition coefficient (Wildman–Crippen LogP) is 3.57. The molecule has 5 nitrogen and oxygen atoms in total. The van der Waals surface area contributed by atoms with Gasteiger partial charge in [0.05, 0.1) is 16.6 Å². The van der Waals surface area contributed by atoms with Gasteiger partial charge >= 0.3 is 0 Å². The minimum Gasteiger partial charge on any atom is -0.398 e. The van der Waals surface area contributed by atoms with E-state index in [2.05, 4.69) is 29.4 Å². The van der Waals surface area contributed by atoms with Gasteiger partial charge in [-0.2, -0.15) is 0 Å². The first-order valence-corrected chi connectivity index (χ1v) is 7.79. The summed E-state index contributed by atoms with van der Waals surface area (Å²) in [5.74, 6) is 1.87. The molecule has 21 heavy (non-hydrogen) atoms. The van der Waals surface area contributed by atoms with E-state index in [9.17, 15) is 0 Å². The van der Waals surface area contributed by atoms with Crippen molar-refractivity contribution < 1.29 is 0 Å². The highest BCUT2D eigenvalue weighted by molar-refractivity contribution is 6.33. The molecule has 0 spiro atoms. The zero-order valence-corrected chi connectivity index (χ0v) is 13.1. The summed E-state index contributed by atoms with van der Waals surface area (Å²) in [4.78, 5) is 0. The average molecular weight is 306 g/mol. The lowest BCUT2D eigenvalue weighted by Crippen LogP contribution is -2.28. The smallest absolute Gasteiger partial charge is 0.185 e. The molecule has 0 amide bonds. The highest BCUT2D eigenvalue weighted by atomic mass is 35.5. The van der Waals surface area contributed by atoms with E-state index >= 15 is 0 Å². The van der Waals surface area contributed by atoms with Crippen LogP contribution in [0, 0.1) is 11.8 Å². The number of halogens is 1. The average Bonchev–Trinajstić information content (AvgIpc) is 2.91. The Morgan fingerprint density at radius 1 is 1.29 bits per heavy atom. The van der Waals surface area contributed by atoms with Crippen molar-refractivity contribution in [3.63, 3.8) is 0 Å². The molecule has 0 radical (unpaired) electrons. The van der Waals surface area contributed by atoms with E-state index in [-0.39, 0.29) is 0 Å². The van der Waals surface area contributed by atoms with Crippen LogP contribution in [0.15, 0.2) is 18.2 Å². The van der Waals surface area contributed by atoms with Crippen molar-refractivity contribution in [3.05, 3.63) is 23.2 Å². The first-order valence-electron chi connectivity index (χ1n) is 7.41. The fourth-order valence-electron chi connectivity index (χ4n) is 3.26. The van der Waals surface area contributed by atoms with Crippen LogP contribution in [0.2, 0.25) is 5.02 Å². The number of hydrogen-bond donors (Lipinski definition) is 1. The molecule has 2 aromatic rings. The Morgan fingerprint density at radius 3 is 2.86 bits per heavy atom. The fourth-order valence-corrected chi connectivity index (χ4v) is 3.52. The molecule has 1 aromatic heterocycles. The second-order valence-corrected chi connectivity index (χ2v) is 6.39. The van der Waals surface area contributed by atoms with Gasteiger partial charge in [-0.25, -0.2) is 4.68 Å². The van der Waals surface area contributed by atoms with Crippen molar-refractivity contribution in [1.29, 1.82) is 0 Å². The lowest BCUT2D eigenvalue weighted by molar-refractivity contribution is 0.174. The van der Waals surface area contributed by atoms with E-state index in [1.54, 1.807) is 0 Å². The van der Waals surface area contributed by atoms with Gasteiger partial charge in [0.1, 0.15) is 0 Å². The van der Waals surface area contributed by atoms with Crippen LogP contribution in [-0.2, 0) is 0 Å². The Hall–Kier alpha value is -1.62. The third-order valence-corrected chi connectivity index (χ3v) is 5.06. The third-order valence-electron chi connectivity index (χ3n) is 4.74. The zero-order chi connectivity index (χ0) is 15.0. The first kappa shape index (κ1) is 14.3. The molecule has 1 aliphatic rings. The van der Waals surface area contributed by atoms with Gasteiger partial charge in [0, 0.05) is 5.69 Å². The number of nitrogens with two attached hydrogens (primary N) is 1. The molecule has 1 saturated carbocycles. The van der Waals surface area contributed by atoms with E-state index in [0.29, 0.717) is 34.4 Å². The second kappa shape index (κ2) is 5.64. The van der Waals surface area contributed by atoms with Crippen molar-refractivity contribution in [2.75, 3.05) is 5.73 Å². The molecule has 3 atom stereocenters. The number of nitrogen functional groups attached to an aromatic ring is 1. The molecule has 1 fully saturated rings. The fraction of sp³-hybridized carbons (Fsp3) is 0.533. The van der Waals surface area contributed by atoms with E-state index in [0.717, 1.165) is 12.0 Å². The van der Waals surface area contributed by atoms with Gasteiger partial charge in [-0.1, -0.05) is 44.4 Å². The van der Waals surface area contributed by atoms with Crippen LogP contribution in [-0.4, -0.2) is 20.2 Å². The summed E-state index contributed by atoms with van der Waals surface area (Å²) in [6.45, 7) is 4.57. The summed E-state index contributed by atoms with van der Waals surface area (Å²) in [6.07, 6.45) is 3.56. The summed E-state index contributed by atoms with van der Waals surface area (Å²) in [5, 5.41) is 12.9. The standard InChI is InChI=1S/C15H20ClN5/c1-9-5-3-8-13(10(9)2)21-15(18-19-20-21)14-11(16)6-4-7-12(14)17/h4,6-7,9-10,13H,3,5,8,17H2,1-2H3. The number of tetrazole rings is 1. The number of anilines is 1. The SMILES string of the molecule is CC1CCCC(n2nnnc2-c2c(N)cccc2Cl)C1C. The topological polar surface area (TPSA) is 69.6 Å². The van der Waals surface area contributed by atoms with E-state index in [1.165, 1.54) is 12.8 Å². The molecule has 1 heterocycles. The maximum atomic E-state index is 6.31. The molecular weight excluding hydrogens is 286 g/mol. The molecule has 0 bridgehead atoms. The second-order valence-electron chi connectivity index (χ2n) is 5.99. The maximum absolute atomic E-state index is 6.31. The summed E-state index contributed by atoms with van der Waals surface area (Å²) < 4.78 is 1.91. The van der Waals surface area contributed by atoms with Gasteiger partial charge in [-0.3, -0.25) is 0 Å². The lowest BCUT2D eigenvalue weighted by Gasteiger charge is -2.34. The summed E-state index contributed by atoms with van der Waals surface area (Å²) >= 11 is 6.31. The van der Waals surface area contributed by atoms with Crippen molar-refractivity contribution in [2.24, 2.45) is 11.8 Å².